The minimum absolute atomic E-state index is 0.275. The van der Waals surface area contributed by atoms with E-state index in [-0.39, 0.29) is 5.82 Å². The van der Waals surface area contributed by atoms with Crippen molar-refractivity contribution in [3.63, 3.8) is 0 Å². The number of nitrogen functional groups attached to an aromatic ring is 1. The Labute approximate surface area is 112 Å². The van der Waals surface area contributed by atoms with Gasteiger partial charge < -0.3 is 15.4 Å². The molecule has 19 heavy (non-hydrogen) atoms. The molecule has 0 aliphatic carbocycles. The highest BCUT2D eigenvalue weighted by Crippen LogP contribution is 2.23. The van der Waals surface area contributed by atoms with E-state index in [0.717, 1.165) is 17.0 Å². The molecule has 0 fully saturated rings. The van der Waals surface area contributed by atoms with Crippen LogP contribution in [-0.2, 0) is 6.54 Å². The molecule has 0 unspecified atom stereocenters. The van der Waals surface area contributed by atoms with Gasteiger partial charge in [-0.2, -0.15) is 0 Å². The van der Waals surface area contributed by atoms with Crippen molar-refractivity contribution in [3.05, 3.63) is 53.8 Å². The highest BCUT2D eigenvalue weighted by Gasteiger charge is 2.07. The van der Waals surface area contributed by atoms with Crippen molar-refractivity contribution >= 4 is 11.4 Å². The summed E-state index contributed by atoms with van der Waals surface area (Å²) in [4.78, 5) is 1.99. The van der Waals surface area contributed by atoms with E-state index in [1.807, 2.05) is 36.2 Å². The average molecular weight is 260 g/mol. The lowest BCUT2D eigenvalue weighted by molar-refractivity contribution is 0.415. The highest BCUT2D eigenvalue weighted by molar-refractivity contribution is 5.53. The number of hydrogen-bond acceptors (Lipinski definition) is 3. The molecule has 2 aromatic rings. The Morgan fingerprint density at radius 3 is 2.74 bits per heavy atom. The molecular formula is C15H17FN2O. The monoisotopic (exact) mass is 260 g/mol. The first-order valence-electron chi connectivity index (χ1n) is 5.99. The number of hydrogen-bond donors (Lipinski definition) is 1. The fourth-order valence-electron chi connectivity index (χ4n) is 1.91. The maximum atomic E-state index is 13.2. The Morgan fingerprint density at radius 1 is 1.21 bits per heavy atom. The predicted octanol–water partition coefficient (Wildman–Crippen LogP) is 3.05. The average Bonchev–Trinajstić information content (AvgIpc) is 2.43. The Kier molecular flexibility index (Phi) is 3.90. The molecule has 2 rings (SSSR count). The molecule has 0 aliphatic heterocycles. The number of nitrogens with two attached hydrogens (primary N) is 1. The third kappa shape index (κ3) is 3.16. The smallest absolute Gasteiger partial charge is 0.123 e. The zero-order valence-corrected chi connectivity index (χ0v) is 11.1. The van der Waals surface area contributed by atoms with Gasteiger partial charge in [-0.25, -0.2) is 4.39 Å². The summed E-state index contributed by atoms with van der Waals surface area (Å²) >= 11 is 0. The molecular weight excluding hydrogens is 243 g/mol. The summed E-state index contributed by atoms with van der Waals surface area (Å²) in [5, 5.41) is 0. The second-order valence-electron chi connectivity index (χ2n) is 4.40. The van der Waals surface area contributed by atoms with E-state index in [0.29, 0.717) is 12.2 Å². The van der Waals surface area contributed by atoms with Crippen LogP contribution in [0.1, 0.15) is 5.56 Å². The molecule has 0 aromatic heterocycles. The molecule has 0 aliphatic rings. The zero-order valence-electron chi connectivity index (χ0n) is 11.1. The molecule has 100 valence electrons. The molecule has 0 saturated heterocycles. The van der Waals surface area contributed by atoms with Gasteiger partial charge in [0, 0.05) is 31.0 Å². The fourth-order valence-corrected chi connectivity index (χ4v) is 1.91. The van der Waals surface area contributed by atoms with E-state index in [1.54, 1.807) is 13.2 Å². The summed E-state index contributed by atoms with van der Waals surface area (Å²) < 4.78 is 18.4. The van der Waals surface area contributed by atoms with Crippen LogP contribution in [0.3, 0.4) is 0 Å². The third-order valence-electron chi connectivity index (χ3n) is 3.01. The lowest BCUT2D eigenvalue weighted by atomic mass is 10.1. The molecule has 3 nitrogen and oxygen atoms in total. The van der Waals surface area contributed by atoms with Crippen molar-refractivity contribution in [2.45, 2.75) is 6.54 Å². The Balaban J connectivity index is 2.20. The largest absolute Gasteiger partial charge is 0.497 e. The number of rotatable bonds is 4. The summed E-state index contributed by atoms with van der Waals surface area (Å²) in [5.74, 6) is 0.514. The van der Waals surface area contributed by atoms with E-state index < -0.39 is 0 Å². The standard InChI is InChI=1S/C15H17FN2O/c1-18(13-4-3-5-14(9-13)19-2)10-11-8-12(16)6-7-15(11)17/h3-9H,10,17H2,1-2H3. The van der Waals surface area contributed by atoms with Crippen LogP contribution < -0.4 is 15.4 Å². The summed E-state index contributed by atoms with van der Waals surface area (Å²) in [6.45, 7) is 0.538. The molecule has 2 N–H and O–H groups in total. The predicted molar refractivity (Wildman–Crippen MR) is 75.9 cm³/mol. The van der Waals surface area contributed by atoms with Gasteiger partial charge in [-0.1, -0.05) is 6.07 Å². The molecule has 0 bridgehead atoms. The van der Waals surface area contributed by atoms with Gasteiger partial charge in [-0.15, -0.1) is 0 Å². The molecule has 4 heteroatoms. The number of nitrogens with zero attached hydrogens (tertiary/aromatic N) is 1. The van der Waals surface area contributed by atoms with Crippen molar-refractivity contribution in [1.29, 1.82) is 0 Å². The van der Waals surface area contributed by atoms with Gasteiger partial charge in [0.2, 0.25) is 0 Å². The van der Waals surface area contributed by atoms with Crippen molar-refractivity contribution < 1.29 is 9.13 Å². The molecule has 0 spiro atoms. The van der Waals surface area contributed by atoms with Crippen LogP contribution >= 0.6 is 0 Å². The van der Waals surface area contributed by atoms with Gasteiger partial charge in [0.15, 0.2) is 0 Å². The Hall–Kier alpha value is -2.23. The summed E-state index contributed by atoms with van der Waals surface area (Å²) in [6.07, 6.45) is 0. The molecule has 0 radical (unpaired) electrons. The van der Waals surface area contributed by atoms with E-state index in [2.05, 4.69) is 0 Å². The second-order valence-corrected chi connectivity index (χ2v) is 4.40. The maximum Gasteiger partial charge on any atom is 0.123 e. The van der Waals surface area contributed by atoms with Crippen LogP contribution in [0.15, 0.2) is 42.5 Å². The quantitative estimate of drug-likeness (QED) is 0.859. The number of halogens is 1. The first-order chi connectivity index (χ1) is 9.10. The first kappa shape index (κ1) is 13.2. The van der Waals surface area contributed by atoms with E-state index in [1.165, 1.54) is 12.1 Å². The van der Waals surface area contributed by atoms with Gasteiger partial charge in [0.1, 0.15) is 11.6 Å². The Bertz CT molecular complexity index is 572. The van der Waals surface area contributed by atoms with E-state index >= 15 is 0 Å². The van der Waals surface area contributed by atoms with Gasteiger partial charge in [-0.05, 0) is 35.9 Å². The van der Waals surface area contributed by atoms with Crippen molar-refractivity contribution in [3.8, 4) is 5.75 Å². The van der Waals surface area contributed by atoms with Crippen LogP contribution in [0.4, 0.5) is 15.8 Å². The Morgan fingerprint density at radius 2 is 2.00 bits per heavy atom. The third-order valence-corrected chi connectivity index (χ3v) is 3.01. The fraction of sp³-hybridized carbons (Fsp3) is 0.200. The second kappa shape index (κ2) is 5.61. The number of anilines is 2. The topological polar surface area (TPSA) is 38.5 Å². The van der Waals surface area contributed by atoms with Gasteiger partial charge >= 0.3 is 0 Å². The molecule has 0 heterocycles. The zero-order chi connectivity index (χ0) is 13.8. The minimum atomic E-state index is -0.275. The summed E-state index contributed by atoms with van der Waals surface area (Å²) in [5.41, 5.74) is 8.21. The maximum absolute atomic E-state index is 13.2. The molecule has 0 atom stereocenters. The van der Waals surface area contributed by atoms with Crippen molar-refractivity contribution in [2.75, 3.05) is 24.8 Å². The summed E-state index contributed by atoms with van der Waals surface area (Å²) in [6, 6.07) is 12.1. The SMILES string of the molecule is COc1cccc(N(C)Cc2cc(F)ccc2N)c1. The van der Waals surface area contributed by atoms with Gasteiger partial charge in [0.25, 0.3) is 0 Å². The van der Waals surface area contributed by atoms with Gasteiger partial charge in [0.05, 0.1) is 7.11 Å². The highest BCUT2D eigenvalue weighted by atomic mass is 19.1. The van der Waals surface area contributed by atoms with E-state index in [9.17, 15) is 4.39 Å². The molecule has 2 aromatic carbocycles. The minimum Gasteiger partial charge on any atom is -0.497 e. The summed E-state index contributed by atoms with van der Waals surface area (Å²) in [7, 11) is 3.56. The normalized spacial score (nSPS) is 10.3. The lowest BCUT2D eigenvalue weighted by Gasteiger charge is -2.21. The number of benzene rings is 2. The molecule has 0 saturated carbocycles. The van der Waals surface area contributed by atoms with Crippen molar-refractivity contribution in [2.24, 2.45) is 0 Å². The van der Waals surface area contributed by atoms with Crippen LogP contribution in [-0.4, -0.2) is 14.2 Å². The van der Waals surface area contributed by atoms with Crippen LogP contribution in [0.25, 0.3) is 0 Å². The number of methoxy groups -OCH3 is 1. The van der Waals surface area contributed by atoms with Crippen LogP contribution in [0.2, 0.25) is 0 Å². The lowest BCUT2D eigenvalue weighted by Crippen LogP contribution is -2.17. The van der Waals surface area contributed by atoms with E-state index in [4.69, 9.17) is 10.5 Å². The number of ether oxygens (including phenoxy) is 1. The van der Waals surface area contributed by atoms with Crippen LogP contribution in [0, 0.1) is 5.82 Å². The van der Waals surface area contributed by atoms with Crippen molar-refractivity contribution in [1.82, 2.24) is 0 Å². The van der Waals surface area contributed by atoms with Crippen LogP contribution in [0.5, 0.6) is 5.75 Å². The first-order valence-corrected chi connectivity index (χ1v) is 5.99. The van der Waals surface area contributed by atoms with Gasteiger partial charge in [-0.3, -0.25) is 0 Å². The molecule has 0 amide bonds.